The lowest BCUT2D eigenvalue weighted by molar-refractivity contribution is -0.00680. The van der Waals surface area contributed by atoms with Crippen LogP contribution < -0.4 is 0 Å². The molecule has 3 aromatic carbocycles. The average molecular weight is 502 g/mol. The number of carbonyl (C=O) groups is 4. The van der Waals surface area contributed by atoms with Crippen molar-refractivity contribution in [1.29, 1.82) is 0 Å². The van der Waals surface area contributed by atoms with Crippen molar-refractivity contribution < 1.29 is 19.2 Å². The summed E-state index contributed by atoms with van der Waals surface area (Å²) in [6.07, 6.45) is 0. The third kappa shape index (κ3) is 4.13. The number of halogens is 3. The van der Waals surface area contributed by atoms with Gasteiger partial charge in [-0.3, -0.25) is 19.2 Å². The number of ketones is 1. The molecule has 6 nitrogen and oxygen atoms in total. The predicted octanol–water partition coefficient (Wildman–Crippen LogP) is 5.57. The van der Waals surface area contributed by atoms with Crippen LogP contribution in [0.5, 0.6) is 0 Å². The van der Waals surface area contributed by atoms with Gasteiger partial charge in [0.25, 0.3) is 17.7 Å². The van der Waals surface area contributed by atoms with Gasteiger partial charge >= 0.3 is 0 Å². The minimum atomic E-state index is -1.21. The highest BCUT2D eigenvalue weighted by atomic mass is 35.5. The Hall–Kier alpha value is -3.19. The number of imide groups is 1. The Morgan fingerprint density at radius 2 is 1.33 bits per heavy atom. The number of rotatable bonds is 5. The van der Waals surface area contributed by atoms with Crippen molar-refractivity contribution in [3.8, 4) is 0 Å². The van der Waals surface area contributed by atoms with Gasteiger partial charge in [0.1, 0.15) is 6.04 Å². The molecular weight excluding hydrogens is 487 g/mol. The molecule has 4 rings (SSSR count). The fraction of sp³-hybridized carbons (Fsp3) is 0.0833. The molecule has 1 aliphatic heterocycles. The first-order chi connectivity index (χ1) is 15.7. The van der Waals surface area contributed by atoms with Crippen LogP contribution in [0.2, 0.25) is 15.1 Å². The molecule has 1 aliphatic rings. The first-order valence-corrected chi connectivity index (χ1v) is 10.9. The summed E-state index contributed by atoms with van der Waals surface area (Å²) >= 11 is 18.0. The van der Waals surface area contributed by atoms with Gasteiger partial charge in [-0.2, -0.15) is 5.01 Å². The second-order valence-corrected chi connectivity index (χ2v) is 8.54. The predicted molar refractivity (Wildman–Crippen MR) is 125 cm³/mol. The topological polar surface area (TPSA) is 74.8 Å². The van der Waals surface area contributed by atoms with Gasteiger partial charge in [-0.1, -0.05) is 46.9 Å². The van der Waals surface area contributed by atoms with Crippen LogP contribution in [0.3, 0.4) is 0 Å². The van der Waals surface area contributed by atoms with E-state index in [1.807, 2.05) is 0 Å². The Morgan fingerprint density at radius 1 is 0.788 bits per heavy atom. The van der Waals surface area contributed by atoms with Crippen molar-refractivity contribution in [2.75, 3.05) is 0 Å². The van der Waals surface area contributed by atoms with E-state index in [9.17, 15) is 19.2 Å². The molecule has 0 bridgehead atoms. The second-order valence-electron chi connectivity index (χ2n) is 7.29. The molecule has 166 valence electrons. The van der Waals surface area contributed by atoms with Crippen molar-refractivity contribution >= 4 is 58.3 Å². The summed E-state index contributed by atoms with van der Waals surface area (Å²) in [6.45, 7) is 1.44. The molecule has 0 fully saturated rings. The van der Waals surface area contributed by atoms with Crippen LogP contribution in [-0.4, -0.2) is 39.6 Å². The Morgan fingerprint density at radius 3 is 1.88 bits per heavy atom. The zero-order chi connectivity index (χ0) is 23.9. The zero-order valence-electron chi connectivity index (χ0n) is 17.1. The number of benzene rings is 3. The Labute approximate surface area is 204 Å². The van der Waals surface area contributed by atoms with E-state index < -0.39 is 29.5 Å². The van der Waals surface area contributed by atoms with Gasteiger partial charge in [0.15, 0.2) is 5.78 Å². The van der Waals surface area contributed by atoms with Gasteiger partial charge < -0.3 is 0 Å². The number of hydrazine groups is 1. The molecule has 1 heterocycles. The minimum Gasteiger partial charge on any atom is -0.292 e. The molecule has 1 atom stereocenters. The van der Waals surface area contributed by atoms with Gasteiger partial charge in [0.2, 0.25) is 0 Å². The minimum absolute atomic E-state index is 0.0525. The summed E-state index contributed by atoms with van der Waals surface area (Å²) in [7, 11) is 0. The Balaban J connectivity index is 1.80. The maximum Gasteiger partial charge on any atom is 0.280 e. The number of hydrogen-bond acceptors (Lipinski definition) is 4. The highest BCUT2D eigenvalue weighted by Gasteiger charge is 2.44. The van der Waals surface area contributed by atoms with E-state index in [1.165, 1.54) is 61.5 Å². The van der Waals surface area contributed by atoms with E-state index in [2.05, 4.69) is 0 Å². The van der Waals surface area contributed by atoms with Gasteiger partial charge in [-0.25, -0.2) is 5.01 Å². The van der Waals surface area contributed by atoms with Crippen LogP contribution >= 0.6 is 34.8 Å². The normalized spacial score (nSPS) is 13.6. The van der Waals surface area contributed by atoms with Crippen molar-refractivity contribution in [2.45, 2.75) is 13.0 Å². The maximum absolute atomic E-state index is 13.6. The van der Waals surface area contributed by atoms with E-state index in [-0.39, 0.29) is 32.3 Å². The number of Topliss-reactive ketones (excluding diaryl/α,β-unsaturated/α-hetero) is 1. The molecule has 0 N–H and O–H groups in total. The lowest BCUT2D eigenvalue weighted by Crippen LogP contribution is -2.56. The van der Waals surface area contributed by atoms with Crippen LogP contribution in [0, 0.1) is 0 Å². The first kappa shape index (κ1) is 23.0. The molecule has 0 saturated carbocycles. The van der Waals surface area contributed by atoms with Gasteiger partial charge in [-0.05, 0) is 61.5 Å². The summed E-state index contributed by atoms with van der Waals surface area (Å²) < 4.78 is 0. The lowest BCUT2D eigenvalue weighted by Gasteiger charge is -2.34. The summed E-state index contributed by atoms with van der Waals surface area (Å²) in [5, 5.41) is 2.34. The molecule has 0 spiro atoms. The van der Waals surface area contributed by atoms with E-state index in [0.717, 1.165) is 5.01 Å². The average Bonchev–Trinajstić information content (AvgIpc) is 3.06. The SMILES string of the molecule is C[C@H](C(=O)c1ccc(Cl)cc1)N(C(=O)c1ccc(Cl)c(Cl)c1)N1C(=O)c2ccccc2C1=O. The monoisotopic (exact) mass is 500 g/mol. The van der Waals surface area contributed by atoms with Crippen molar-refractivity contribution in [1.82, 2.24) is 10.0 Å². The fourth-order valence-corrected chi connectivity index (χ4v) is 3.96. The largest absolute Gasteiger partial charge is 0.292 e. The van der Waals surface area contributed by atoms with Crippen molar-refractivity contribution in [3.63, 3.8) is 0 Å². The Kier molecular flexibility index (Phi) is 6.26. The number of amides is 3. The molecule has 0 aliphatic carbocycles. The molecule has 33 heavy (non-hydrogen) atoms. The fourth-order valence-electron chi connectivity index (χ4n) is 3.54. The lowest BCUT2D eigenvalue weighted by atomic mass is 10.0. The second kappa shape index (κ2) is 8.98. The van der Waals surface area contributed by atoms with Crippen LogP contribution in [0.25, 0.3) is 0 Å². The number of nitrogens with zero attached hydrogens (tertiary/aromatic N) is 2. The maximum atomic E-state index is 13.6. The summed E-state index contributed by atoms with van der Waals surface area (Å²) in [5.41, 5.74) is 0.591. The quantitative estimate of drug-likeness (QED) is 0.338. The van der Waals surface area contributed by atoms with E-state index in [0.29, 0.717) is 10.0 Å². The van der Waals surface area contributed by atoms with E-state index in [1.54, 1.807) is 12.1 Å². The third-order valence-corrected chi connectivity index (χ3v) is 6.23. The molecule has 3 aromatic rings. The van der Waals surface area contributed by atoms with E-state index >= 15 is 0 Å². The molecule has 3 amide bonds. The van der Waals surface area contributed by atoms with Crippen LogP contribution in [0.4, 0.5) is 0 Å². The summed E-state index contributed by atoms with van der Waals surface area (Å²) in [6, 6.07) is 15.2. The zero-order valence-corrected chi connectivity index (χ0v) is 19.4. The Bertz CT molecular complexity index is 1270. The van der Waals surface area contributed by atoms with Crippen LogP contribution in [-0.2, 0) is 0 Å². The standard InChI is InChI=1S/C24H15Cl3N2O4/c1-13(21(30)14-6-9-16(25)10-7-14)28(22(31)15-8-11-19(26)20(27)12-15)29-23(32)17-4-2-3-5-18(17)24(29)33/h2-13H,1H3/t13-/m1/s1. The molecule has 0 radical (unpaired) electrons. The smallest absolute Gasteiger partial charge is 0.280 e. The summed E-state index contributed by atoms with van der Waals surface area (Å²) in [5.74, 6) is -2.67. The number of fused-ring (bicyclic) bond motifs is 1. The molecule has 0 saturated heterocycles. The summed E-state index contributed by atoms with van der Waals surface area (Å²) in [4.78, 5) is 53.1. The first-order valence-electron chi connectivity index (χ1n) is 9.77. The molecule has 0 aromatic heterocycles. The number of carbonyl (C=O) groups excluding carboxylic acids is 4. The highest BCUT2D eigenvalue weighted by molar-refractivity contribution is 6.42. The molecular formula is C24H15Cl3N2O4. The van der Waals surface area contributed by atoms with Gasteiger partial charge in [-0.15, -0.1) is 0 Å². The van der Waals surface area contributed by atoms with Crippen molar-refractivity contribution in [2.24, 2.45) is 0 Å². The van der Waals surface area contributed by atoms with E-state index in [4.69, 9.17) is 34.8 Å². The molecule has 9 heteroatoms. The van der Waals surface area contributed by atoms with Crippen LogP contribution in [0.1, 0.15) is 48.4 Å². The molecule has 0 unspecified atom stereocenters. The third-order valence-electron chi connectivity index (χ3n) is 5.24. The van der Waals surface area contributed by atoms with Crippen molar-refractivity contribution in [3.05, 3.63) is 104 Å². The van der Waals surface area contributed by atoms with Gasteiger partial charge in [0.05, 0.1) is 21.2 Å². The van der Waals surface area contributed by atoms with Gasteiger partial charge in [0, 0.05) is 16.1 Å². The highest BCUT2D eigenvalue weighted by Crippen LogP contribution is 2.29. The van der Waals surface area contributed by atoms with Crippen LogP contribution in [0.15, 0.2) is 66.7 Å². The number of hydrogen-bond donors (Lipinski definition) is 0.